The molecule has 3 rings (SSSR count). The summed E-state index contributed by atoms with van der Waals surface area (Å²) in [5.41, 5.74) is 0.0264. The number of nitrogens with zero attached hydrogens (tertiary/aromatic N) is 5. The van der Waals surface area contributed by atoms with E-state index in [1.807, 2.05) is 6.07 Å². The van der Waals surface area contributed by atoms with Crippen LogP contribution in [0.1, 0.15) is 126 Å². The van der Waals surface area contributed by atoms with Gasteiger partial charge in [-0.15, -0.1) is 0 Å². The molecular weight excluding hydrogens is 619 g/mol. The zero-order valence-corrected chi connectivity index (χ0v) is 31.1. The fraction of sp³-hybridized carbons (Fsp3) is 0.538. The van der Waals surface area contributed by atoms with Crippen LogP contribution in [0, 0.1) is 23.2 Å². The number of nitriles is 1. The molecule has 0 aliphatic rings. The highest BCUT2D eigenvalue weighted by molar-refractivity contribution is 7.16. The topological polar surface area (TPSA) is 102 Å². The van der Waals surface area contributed by atoms with E-state index in [4.69, 9.17) is 4.98 Å². The van der Waals surface area contributed by atoms with Crippen molar-refractivity contribution in [3.63, 3.8) is 0 Å². The highest BCUT2D eigenvalue weighted by atomic mass is 32.1. The molecule has 48 heavy (non-hydrogen) atoms. The Kier molecular flexibility index (Phi) is 14.0. The molecule has 3 aromatic rings. The van der Waals surface area contributed by atoms with Gasteiger partial charge in [-0.2, -0.15) is 9.94 Å². The molecule has 0 aliphatic carbocycles. The Balaban J connectivity index is 2.26. The van der Waals surface area contributed by atoms with E-state index in [1.165, 1.54) is 45.6 Å². The number of unbranched alkanes of at least 4 members (excludes halogenated alkanes) is 2. The van der Waals surface area contributed by atoms with Crippen molar-refractivity contribution in [3.05, 3.63) is 72.8 Å². The van der Waals surface area contributed by atoms with E-state index in [-0.39, 0.29) is 21.4 Å². The largest absolute Gasteiger partial charge is 0.492 e. The van der Waals surface area contributed by atoms with Crippen molar-refractivity contribution in [2.75, 3.05) is 30.0 Å². The molecule has 2 aromatic heterocycles. The van der Waals surface area contributed by atoms with Crippen LogP contribution in [-0.4, -0.2) is 40.8 Å². The minimum absolute atomic E-state index is 0.111. The second-order valence-electron chi connectivity index (χ2n) is 13.9. The molecule has 9 heteroatoms. The lowest BCUT2D eigenvalue weighted by Crippen LogP contribution is -2.53. The average molecular weight is 674 g/mol. The second-order valence-corrected chi connectivity index (χ2v) is 14.9. The van der Waals surface area contributed by atoms with Gasteiger partial charge >= 0.3 is 0 Å². The smallest absolute Gasteiger partial charge is 0.280 e. The Hall–Kier alpha value is -3.90. The first-order valence-corrected chi connectivity index (χ1v) is 18.3. The Bertz CT molecular complexity index is 1710. The number of amides is 1. The number of hydrogen-bond acceptors (Lipinski definition) is 7. The number of hydrogen-bond donors (Lipinski definition) is 1. The van der Waals surface area contributed by atoms with Crippen molar-refractivity contribution < 1.29 is 9.90 Å². The summed E-state index contributed by atoms with van der Waals surface area (Å²) < 4.78 is 0.860. The van der Waals surface area contributed by atoms with Crippen molar-refractivity contribution in [1.82, 2.24) is 9.66 Å². The molecule has 260 valence electrons. The first kappa shape index (κ1) is 38.5. The Morgan fingerprint density at radius 2 is 1.62 bits per heavy atom. The lowest BCUT2D eigenvalue weighted by Gasteiger charge is -2.30. The summed E-state index contributed by atoms with van der Waals surface area (Å²) in [5.74, 6) is -0.0313. The number of thiazole rings is 1. The van der Waals surface area contributed by atoms with E-state index < -0.39 is 17.3 Å². The minimum Gasteiger partial charge on any atom is -0.492 e. The first-order valence-electron chi connectivity index (χ1n) is 17.5. The van der Waals surface area contributed by atoms with E-state index in [9.17, 15) is 20.0 Å². The van der Waals surface area contributed by atoms with Crippen molar-refractivity contribution >= 4 is 35.0 Å². The Morgan fingerprint density at radius 1 is 1.06 bits per heavy atom. The third-order valence-electron chi connectivity index (χ3n) is 9.14. The van der Waals surface area contributed by atoms with Crippen LogP contribution in [0.2, 0.25) is 0 Å². The molecule has 8 nitrogen and oxygen atoms in total. The molecule has 0 saturated carbocycles. The molecule has 0 radical (unpaired) electrons. The third-order valence-corrected chi connectivity index (χ3v) is 10.2. The monoisotopic (exact) mass is 673 g/mol. The summed E-state index contributed by atoms with van der Waals surface area (Å²) in [5, 5.41) is 23.3. The molecule has 1 aromatic carbocycles. The zero-order valence-electron chi connectivity index (χ0n) is 30.3. The van der Waals surface area contributed by atoms with Crippen LogP contribution in [0.25, 0.3) is 12.7 Å². The van der Waals surface area contributed by atoms with Gasteiger partial charge in [0.1, 0.15) is 11.6 Å². The molecule has 2 heterocycles. The summed E-state index contributed by atoms with van der Waals surface area (Å²) in [6.45, 7) is 21.2. The van der Waals surface area contributed by atoms with Gasteiger partial charge < -0.3 is 10.0 Å². The maximum absolute atomic E-state index is 14.1. The molecule has 0 fully saturated rings. The SMILES string of the molecule is C=c1c(C#N)c(O)n(N(C)C(=O)c2ccccc2)c(=O)/c1=C\c1sc(N(CC(CC)CCCC)CC(CC)CCCC)nc1C(C)(C)C. The summed E-state index contributed by atoms with van der Waals surface area (Å²) in [6, 6.07) is 10.5. The average Bonchev–Trinajstić information content (AvgIpc) is 3.51. The summed E-state index contributed by atoms with van der Waals surface area (Å²) in [4.78, 5) is 36.0. The molecule has 0 bridgehead atoms. The molecule has 2 unspecified atom stereocenters. The second kappa shape index (κ2) is 17.5. The van der Waals surface area contributed by atoms with Crippen LogP contribution in [0.5, 0.6) is 5.88 Å². The van der Waals surface area contributed by atoms with Gasteiger partial charge in [0, 0.05) is 36.3 Å². The van der Waals surface area contributed by atoms with Crippen molar-refractivity contribution in [3.8, 4) is 11.9 Å². The van der Waals surface area contributed by atoms with E-state index in [2.05, 4.69) is 59.9 Å². The number of rotatable bonds is 16. The van der Waals surface area contributed by atoms with Crippen LogP contribution in [0.4, 0.5) is 5.13 Å². The van der Waals surface area contributed by atoms with Crippen LogP contribution in [0.15, 0.2) is 35.1 Å². The number of benzene rings is 1. The van der Waals surface area contributed by atoms with Gasteiger partial charge in [-0.25, -0.2) is 9.99 Å². The summed E-state index contributed by atoms with van der Waals surface area (Å²) in [7, 11) is 1.40. The summed E-state index contributed by atoms with van der Waals surface area (Å²) in [6.07, 6.45) is 11.0. The number of aromatic hydroxyl groups is 1. The standard InChI is InChI=1S/C39H55N5O3S/c1-10-14-19-28(12-3)25-43(26-29(13-4)20-15-11-2)38-41-34(39(6,7)8)33(48-38)23-31-27(5)32(24-40)37(47)44(36(31)46)42(9)35(45)30-21-17-16-18-22-30/h16-18,21-23,28-29,47H,5,10-15,19-20,25-26H2,1-4,6-9H3/b31-23-. The number of pyridine rings is 1. The number of carbonyl (C=O) groups is 1. The molecule has 2 atom stereocenters. The lowest BCUT2D eigenvalue weighted by molar-refractivity contribution is 0.0961. The van der Waals surface area contributed by atoms with Gasteiger partial charge in [0.25, 0.3) is 11.5 Å². The van der Waals surface area contributed by atoms with Crippen LogP contribution in [-0.2, 0) is 5.41 Å². The Labute approximate surface area is 291 Å². The van der Waals surface area contributed by atoms with Crippen molar-refractivity contribution in [2.24, 2.45) is 11.8 Å². The van der Waals surface area contributed by atoms with Crippen LogP contribution in [0.3, 0.4) is 0 Å². The minimum atomic E-state index is -0.647. The number of carbonyl (C=O) groups excluding carboxylic acids is 1. The fourth-order valence-corrected chi connectivity index (χ4v) is 7.27. The fourth-order valence-electron chi connectivity index (χ4n) is 6.03. The molecular formula is C39H55N5O3S. The van der Waals surface area contributed by atoms with Crippen molar-refractivity contribution in [2.45, 2.75) is 105 Å². The van der Waals surface area contributed by atoms with Gasteiger partial charge in [0.05, 0.1) is 15.8 Å². The molecule has 1 N–H and O–H groups in total. The normalized spacial score (nSPS) is 13.3. The maximum atomic E-state index is 14.1. The number of aromatic nitrogens is 2. The van der Waals surface area contributed by atoms with E-state index in [1.54, 1.807) is 47.7 Å². The quantitative estimate of drug-likeness (QED) is 0.175. The molecule has 0 aliphatic heterocycles. The van der Waals surface area contributed by atoms with Gasteiger partial charge in [-0.05, 0) is 42.9 Å². The van der Waals surface area contributed by atoms with Gasteiger partial charge in [-0.1, -0.05) is 123 Å². The predicted octanol–water partition coefficient (Wildman–Crippen LogP) is 7.07. The molecule has 0 saturated heterocycles. The number of anilines is 1. The van der Waals surface area contributed by atoms with Gasteiger partial charge in [0.15, 0.2) is 5.13 Å². The van der Waals surface area contributed by atoms with Gasteiger partial charge in [0.2, 0.25) is 5.88 Å². The van der Waals surface area contributed by atoms with Gasteiger partial charge in [-0.3, -0.25) is 9.59 Å². The van der Waals surface area contributed by atoms with E-state index in [0.29, 0.717) is 17.4 Å². The predicted molar refractivity (Wildman–Crippen MR) is 200 cm³/mol. The highest BCUT2D eigenvalue weighted by Crippen LogP contribution is 2.36. The van der Waals surface area contributed by atoms with Crippen LogP contribution < -0.4 is 25.9 Å². The zero-order chi connectivity index (χ0) is 35.6. The van der Waals surface area contributed by atoms with Crippen molar-refractivity contribution in [1.29, 1.82) is 5.26 Å². The van der Waals surface area contributed by atoms with Crippen LogP contribution >= 0.6 is 11.3 Å². The Morgan fingerprint density at radius 3 is 2.10 bits per heavy atom. The first-order chi connectivity index (χ1) is 22.8. The highest BCUT2D eigenvalue weighted by Gasteiger charge is 2.28. The summed E-state index contributed by atoms with van der Waals surface area (Å²) >= 11 is 1.55. The molecule has 0 spiro atoms. The lowest BCUT2D eigenvalue weighted by atomic mass is 9.91. The van der Waals surface area contributed by atoms with E-state index in [0.717, 1.165) is 51.3 Å². The maximum Gasteiger partial charge on any atom is 0.280 e. The molecule has 1 amide bonds. The van der Waals surface area contributed by atoms with E-state index >= 15 is 0 Å². The third kappa shape index (κ3) is 9.16.